The van der Waals surface area contributed by atoms with Crippen molar-refractivity contribution in [2.24, 2.45) is 0 Å². The lowest BCUT2D eigenvalue weighted by Crippen LogP contribution is -2.16. The standard InChI is InChI=1S/C17H18N2O4/c1-11-4-5-13(12(2)8-11)9-17(20)18-15-7-6-14(23-3)10-16(15)19(21)22/h4-8,10H,9H2,1-3H3,(H,18,20). The molecule has 0 aliphatic rings. The number of hydrogen-bond acceptors (Lipinski definition) is 4. The van der Waals surface area contributed by atoms with Crippen molar-refractivity contribution in [1.82, 2.24) is 0 Å². The Hall–Kier alpha value is -2.89. The summed E-state index contributed by atoms with van der Waals surface area (Å²) in [6.07, 6.45) is 0.162. The van der Waals surface area contributed by atoms with E-state index in [1.165, 1.54) is 19.2 Å². The lowest BCUT2D eigenvalue weighted by atomic mass is 10.0. The van der Waals surface area contributed by atoms with E-state index in [2.05, 4.69) is 5.32 Å². The molecule has 0 aliphatic carbocycles. The number of nitrogens with zero attached hydrogens (tertiary/aromatic N) is 1. The van der Waals surface area contributed by atoms with Crippen molar-refractivity contribution < 1.29 is 14.5 Å². The SMILES string of the molecule is COc1ccc(NC(=O)Cc2ccc(C)cc2C)c([N+](=O)[O-])c1. The Balaban J connectivity index is 2.18. The van der Waals surface area contributed by atoms with Crippen LogP contribution in [0.4, 0.5) is 11.4 Å². The normalized spacial score (nSPS) is 10.2. The molecule has 0 unspecified atom stereocenters. The highest BCUT2D eigenvalue weighted by Crippen LogP contribution is 2.29. The highest BCUT2D eigenvalue weighted by molar-refractivity contribution is 5.94. The van der Waals surface area contributed by atoms with E-state index in [0.717, 1.165) is 16.7 Å². The predicted octanol–water partition coefficient (Wildman–Crippen LogP) is 3.40. The van der Waals surface area contributed by atoms with E-state index in [4.69, 9.17) is 4.74 Å². The summed E-state index contributed by atoms with van der Waals surface area (Å²) in [6.45, 7) is 3.92. The molecule has 0 spiro atoms. The predicted molar refractivity (Wildman–Crippen MR) is 87.9 cm³/mol. The first kappa shape index (κ1) is 16.5. The van der Waals surface area contributed by atoms with Gasteiger partial charge in [-0.25, -0.2) is 0 Å². The Morgan fingerprint density at radius 3 is 2.57 bits per heavy atom. The highest BCUT2D eigenvalue weighted by atomic mass is 16.6. The highest BCUT2D eigenvalue weighted by Gasteiger charge is 2.17. The summed E-state index contributed by atoms with van der Waals surface area (Å²) in [4.78, 5) is 22.8. The molecule has 0 bridgehead atoms. The number of anilines is 1. The third-order valence-electron chi connectivity index (χ3n) is 3.52. The number of nitro groups is 1. The molecule has 23 heavy (non-hydrogen) atoms. The molecule has 2 rings (SSSR count). The average Bonchev–Trinajstić information content (AvgIpc) is 2.50. The summed E-state index contributed by atoms with van der Waals surface area (Å²) in [5.41, 5.74) is 3.00. The van der Waals surface area contributed by atoms with Crippen LogP contribution in [0.3, 0.4) is 0 Å². The maximum absolute atomic E-state index is 12.2. The molecule has 6 nitrogen and oxygen atoms in total. The molecule has 0 aliphatic heterocycles. The van der Waals surface area contributed by atoms with Gasteiger partial charge in [-0.05, 0) is 37.1 Å². The second-order valence-electron chi connectivity index (χ2n) is 5.30. The molecule has 0 heterocycles. The molecule has 120 valence electrons. The third-order valence-corrected chi connectivity index (χ3v) is 3.52. The van der Waals surface area contributed by atoms with Crippen LogP contribution in [0.15, 0.2) is 36.4 Å². The van der Waals surface area contributed by atoms with Gasteiger partial charge in [0.25, 0.3) is 5.69 Å². The van der Waals surface area contributed by atoms with E-state index in [0.29, 0.717) is 5.75 Å². The van der Waals surface area contributed by atoms with Crippen molar-refractivity contribution in [1.29, 1.82) is 0 Å². The van der Waals surface area contributed by atoms with Crippen LogP contribution >= 0.6 is 0 Å². The van der Waals surface area contributed by atoms with Crippen LogP contribution in [0.5, 0.6) is 5.75 Å². The third kappa shape index (κ3) is 4.06. The molecule has 2 aromatic carbocycles. The van der Waals surface area contributed by atoms with Crippen LogP contribution in [0.1, 0.15) is 16.7 Å². The summed E-state index contributed by atoms with van der Waals surface area (Å²) in [6, 6.07) is 10.2. The number of rotatable bonds is 5. The summed E-state index contributed by atoms with van der Waals surface area (Å²) < 4.78 is 4.97. The maximum atomic E-state index is 12.2. The van der Waals surface area contributed by atoms with Crippen molar-refractivity contribution >= 4 is 17.3 Å². The Morgan fingerprint density at radius 2 is 1.96 bits per heavy atom. The number of carbonyl (C=O) groups excluding carboxylic acids is 1. The first-order valence-corrected chi connectivity index (χ1v) is 7.09. The van der Waals surface area contributed by atoms with E-state index >= 15 is 0 Å². The zero-order chi connectivity index (χ0) is 17.0. The second-order valence-corrected chi connectivity index (χ2v) is 5.30. The van der Waals surface area contributed by atoms with Crippen molar-refractivity contribution in [3.05, 3.63) is 63.2 Å². The molecule has 0 atom stereocenters. The second kappa shape index (κ2) is 6.91. The van der Waals surface area contributed by atoms with E-state index in [1.807, 2.05) is 32.0 Å². The topological polar surface area (TPSA) is 81.5 Å². The molecule has 2 aromatic rings. The number of benzene rings is 2. The summed E-state index contributed by atoms with van der Waals surface area (Å²) in [5, 5.41) is 13.7. The van der Waals surface area contributed by atoms with Gasteiger partial charge in [-0.2, -0.15) is 0 Å². The molecule has 0 saturated carbocycles. The Labute approximate surface area is 134 Å². The molecule has 0 fully saturated rings. The van der Waals surface area contributed by atoms with Crippen molar-refractivity contribution in [3.8, 4) is 5.75 Å². The molecule has 6 heteroatoms. The van der Waals surface area contributed by atoms with Gasteiger partial charge in [0.1, 0.15) is 11.4 Å². The molecule has 1 N–H and O–H groups in total. The van der Waals surface area contributed by atoms with Crippen LogP contribution in [0, 0.1) is 24.0 Å². The zero-order valence-corrected chi connectivity index (χ0v) is 13.3. The monoisotopic (exact) mass is 314 g/mol. The van der Waals surface area contributed by atoms with Gasteiger partial charge in [-0.3, -0.25) is 14.9 Å². The maximum Gasteiger partial charge on any atom is 0.296 e. The minimum atomic E-state index is -0.546. The number of hydrogen-bond donors (Lipinski definition) is 1. The Kier molecular flexibility index (Phi) is 4.95. The summed E-state index contributed by atoms with van der Waals surface area (Å²) in [5.74, 6) is 0.0642. The number of aryl methyl sites for hydroxylation is 2. The molecular weight excluding hydrogens is 296 g/mol. The number of amides is 1. The number of ether oxygens (including phenoxy) is 1. The van der Waals surface area contributed by atoms with Gasteiger partial charge < -0.3 is 10.1 Å². The minimum absolute atomic E-state index is 0.158. The number of carbonyl (C=O) groups is 1. The van der Waals surface area contributed by atoms with E-state index < -0.39 is 4.92 Å². The summed E-state index contributed by atoms with van der Waals surface area (Å²) in [7, 11) is 1.43. The van der Waals surface area contributed by atoms with Gasteiger partial charge in [0.15, 0.2) is 0 Å². The fraction of sp³-hybridized carbons (Fsp3) is 0.235. The van der Waals surface area contributed by atoms with Crippen molar-refractivity contribution in [2.75, 3.05) is 12.4 Å². The van der Waals surface area contributed by atoms with E-state index in [9.17, 15) is 14.9 Å². The lowest BCUT2D eigenvalue weighted by Gasteiger charge is -2.09. The number of nitro benzene ring substituents is 1. The quantitative estimate of drug-likeness (QED) is 0.677. The largest absolute Gasteiger partial charge is 0.496 e. The zero-order valence-electron chi connectivity index (χ0n) is 13.3. The molecule has 0 aromatic heterocycles. The van der Waals surface area contributed by atoms with Crippen LogP contribution in [0.25, 0.3) is 0 Å². The first-order chi connectivity index (χ1) is 10.9. The average molecular weight is 314 g/mol. The summed E-state index contributed by atoms with van der Waals surface area (Å²) >= 11 is 0. The van der Waals surface area contributed by atoms with E-state index in [1.54, 1.807) is 6.07 Å². The van der Waals surface area contributed by atoms with Gasteiger partial charge >= 0.3 is 0 Å². The van der Waals surface area contributed by atoms with Crippen LogP contribution in [-0.2, 0) is 11.2 Å². The van der Waals surface area contributed by atoms with Crippen LogP contribution in [0.2, 0.25) is 0 Å². The van der Waals surface area contributed by atoms with Gasteiger partial charge in [0, 0.05) is 0 Å². The van der Waals surface area contributed by atoms with Crippen molar-refractivity contribution in [2.45, 2.75) is 20.3 Å². The van der Waals surface area contributed by atoms with Crippen LogP contribution < -0.4 is 10.1 Å². The molecular formula is C17H18N2O4. The number of nitrogens with one attached hydrogen (secondary N) is 1. The molecule has 1 amide bonds. The fourth-order valence-corrected chi connectivity index (χ4v) is 2.31. The van der Waals surface area contributed by atoms with Gasteiger partial charge in [0.2, 0.25) is 5.91 Å². The van der Waals surface area contributed by atoms with Crippen molar-refractivity contribution in [3.63, 3.8) is 0 Å². The van der Waals surface area contributed by atoms with Crippen LogP contribution in [-0.4, -0.2) is 17.9 Å². The Bertz CT molecular complexity index is 756. The van der Waals surface area contributed by atoms with Gasteiger partial charge in [-0.15, -0.1) is 0 Å². The first-order valence-electron chi connectivity index (χ1n) is 7.09. The van der Waals surface area contributed by atoms with E-state index in [-0.39, 0.29) is 23.7 Å². The fourth-order valence-electron chi connectivity index (χ4n) is 2.31. The molecule has 0 saturated heterocycles. The number of methoxy groups -OCH3 is 1. The Morgan fingerprint density at radius 1 is 1.22 bits per heavy atom. The lowest BCUT2D eigenvalue weighted by molar-refractivity contribution is -0.384. The smallest absolute Gasteiger partial charge is 0.296 e. The van der Waals surface area contributed by atoms with Gasteiger partial charge in [-0.1, -0.05) is 23.8 Å². The minimum Gasteiger partial charge on any atom is -0.496 e. The molecule has 0 radical (unpaired) electrons. The van der Waals surface area contributed by atoms with Gasteiger partial charge in [0.05, 0.1) is 24.5 Å².